The number of aromatic nitrogens is 2. The zero-order valence-corrected chi connectivity index (χ0v) is 13.1. The molecule has 1 heterocycles. The third-order valence-corrected chi connectivity index (χ3v) is 3.12. The van der Waals surface area contributed by atoms with Crippen LogP contribution in [0.1, 0.15) is 22.1 Å². The van der Waals surface area contributed by atoms with Crippen LogP contribution >= 0.6 is 0 Å². The Bertz CT molecular complexity index is 892. The molecule has 0 atom stereocenters. The maximum atomic E-state index is 13.1. The number of rotatable bonds is 6. The number of esters is 1. The number of carbonyl (C=O) groups is 1. The van der Waals surface area contributed by atoms with Gasteiger partial charge in [-0.2, -0.15) is 4.98 Å². The Morgan fingerprint density at radius 3 is 2.35 bits per heavy atom. The lowest BCUT2D eigenvalue weighted by Gasteiger charge is -2.02. The van der Waals surface area contributed by atoms with Crippen LogP contribution in [0.5, 0.6) is 5.75 Å². The summed E-state index contributed by atoms with van der Waals surface area (Å²) < 4.78 is 54.0. The summed E-state index contributed by atoms with van der Waals surface area (Å²) in [4.78, 5) is 15.7. The first-order valence-electron chi connectivity index (χ1n) is 7.32. The van der Waals surface area contributed by atoms with Crippen molar-refractivity contribution in [1.29, 1.82) is 0 Å². The van der Waals surface area contributed by atoms with Crippen molar-refractivity contribution in [3.63, 3.8) is 0 Å². The number of carbonyl (C=O) groups excluding carboxylic acids is 1. The molecule has 1 aromatic heterocycles. The molecule has 6 nitrogen and oxygen atoms in total. The highest BCUT2D eigenvalue weighted by molar-refractivity contribution is 5.89. The summed E-state index contributed by atoms with van der Waals surface area (Å²) in [6.45, 7) is -0.418. The van der Waals surface area contributed by atoms with Crippen LogP contribution in [-0.4, -0.2) is 16.1 Å². The van der Waals surface area contributed by atoms with E-state index in [0.29, 0.717) is 11.8 Å². The molecule has 0 amide bonds. The lowest BCUT2D eigenvalue weighted by atomic mass is 10.2. The topological polar surface area (TPSA) is 74.5 Å². The Balaban J connectivity index is 1.53. The van der Waals surface area contributed by atoms with Crippen LogP contribution in [-0.2, 0) is 18.0 Å². The number of hydrogen-bond acceptors (Lipinski definition) is 6. The molecule has 26 heavy (non-hydrogen) atoms. The second-order valence-electron chi connectivity index (χ2n) is 5.08. The van der Waals surface area contributed by atoms with E-state index in [1.165, 1.54) is 24.3 Å². The van der Waals surface area contributed by atoms with Crippen LogP contribution in [0.25, 0.3) is 0 Å². The summed E-state index contributed by atoms with van der Waals surface area (Å²) >= 11 is 0. The van der Waals surface area contributed by atoms with Gasteiger partial charge in [-0.3, -0.25) is 0 Å². The zero-order valence-electron chi connectivity index (χ0n) is 13.1. The van der Waals surface area contributed by atoms with Crippen molar-refractivity contribution in [2.45, 2.75) is 13.2 Å². The average Bonchev–Trinajstić information content (AvgIpc) is 3.06. The van der Waals surface area contributed by atoms with E-state index in [2.05, 4.69) is 10.1 Å². The molecular weight excluding hydrogens is 353 g/mol. The smallest absolute Gasteiger partial charge is 0.338 e. The van der Waals surface area contributed by atoms with Gasteiger partial charge in [0.25, 0.3) is 5.89 Å². The fourth-order valence-corrected chi connectivity index (χ4v) is 1.97. The largest absolute Gasteiger partial charge is 0.485 e. The van der Waals surface area contributed by atoms with E-state index in [4.69, 9.17) is 14.0 Å². The first kappa shape index (κ1) is 17.5. The van der Waals surface area contributed by atoms with E-state index in [9.17, 15) is 18.0 Å². The molecule has 0 saturated heterocycles. The molecule has 3 aromatic rings. The normalized spacial score (nSPS) is 10.6. The minimum Gasteiger partial charge on any atom is -0.485 e. The number of hydrogen-bond donors (Lipinski definition) is 0. The van der Waals surface area contributed by atoms with Gasteiger partial charge in [-0.25, -0.2) is 18.0 Å². The lowest BCUT2D eigenvalue weighted by molar-refractivity contribution is 0.0428. The van der Waals surface area contributed by atoms with E-state index in [-0.39, 0.29) is 36.3 Å². The van der Waals surface area contributed by atoms with Gasteiger partial charge >= 0.3 is 5.97 Å². The van der Waals surface area contributed by atoms with Gasteiger partial charge in [0, 0.05) is 6.07 Å². The van der Waals surface area contributed by atoms with Crippen molar-refractivity contribution in [3.05, 3.63) is 77.2 Å². The van der Waals surface area contributed by atoms with Gasteiger partial charge in [0.1, 0.15) is 23.2 Å². The molecule has 0 aliphatic carbocycles. The Morgan fingerprint density at radius 1 is 0.962 bits per heavy atom. The number of nitrogens with zero attached hydrogens (tertiary/aromatic N) is 2. The quantitative estimate of drug-likeness (QED) is 0.624. The van der Waals surface area contributed by atoms with Crippen molar-refractivity contribution in [3.8, 4) is 5.75 Å². The second-order valence-corrected chi connectivity index (χ2v) is 5.08. The SMILES string of the molecule is O=C(OCc1nc(COc2ccc(F)cc2)no1)c1cc(F)cc(F)c1. The van der Waals surface area contributed by atoms with Gasteiger partial charge < -0.3 is 14.0 Å². The van der Waals surface area contributed by atoms with Crippen molar-refractivity contribution in [1.82, 2.24) is 10.1 Å². The molecule has 0 saturated carbocycles. The third kappa shape index (κ3) is 4.59. The van der Waals surface area contributed by atoms with Crippen molar-refractivity contribution >= 4 is 5.97 Å². The van der Waals surface area contributed by atoms with Gasteiger partial charge in [0.2, 0.25) is 5.82 Å². The molecule has 0 fully saturated rings. The predicted molar refractivity (Wildman–Crippen MR) is 80.5 cm³/mol. The van der Waals surface area contributed by atoms with E-state index in [1.807, 2.05) is 0 Å². The lowest BCUT2D eigenvalue weighted by Crippen LogP contribution is -2.06. The van der Waals surface area contributed by atoms with Crippen molar-refractivity contribution in [2.24, 2.45) is 0 Å². The fourth-order valence-electron chi connectivity index (χ4n) is 1.97. The predicted octanol–water partition coefficient (Wildman–Crippen LogP) is 3.42. The van der Waals surface area contributed by atoms with Crippen molar-refractivity contribution in [2.75, 3.05) is 0 Å². The Morgan fingerprint density at radius 2 is 1.65 bits per heavy atom. The maximum absolute atomic E-state index is 13.1. The summed E-state index contributed by atoms with van der Waals surface area (Å²) in [7, 11) is 0. The standard InChI is InChI=1S/C17H11F3N2O4/c18-11-1-3-14(4-2-11)24-8-15-21-16(26-22-15)9-25-17(23)10-5-12(19)7-13(20)6-10/h1-7H,8-9H2. The minimum absolute atomic E-state index is 0.0204. The molecule has 0 radical (unpaired) electrons. The van der Waals surface area contributed by atoms with E-state index < -0.39 is 17.6 Å². The number of ether oxygens (including phenoxy) is 2. The van der Waals surface area contributed by atoms with Gasteiger partial charge in [0.15, 0.2) is 13.2 Å². The molecule has 0 aliphatic heterocycles. The van der Waals surface area contributed by atoms with Crippen molar-refractivity contribution < 1.29 is 32.0 Å². The third-order valence-electron chi connectivity index (χ3n) is 3.12. The maximum Gasteiger partial charge on any atom is 0.338 e. The summed E-state index contributed by atoms with van der Waals surface area (Å²) in [5.74, 6) is -2.54. The summed E-state index contributed by atoms with van der Waals surface area (Å²) in [6.07, 6.45) is 0. The Kier molecular flexibility index (Phi) is 5.16. The van der Waals surface area contributed by atoms with Crippen LogP contribution in [0.4, 0.5) is 13.2 Å². The molecule has 0 bridgehead atoms. The molecule has 134 valence electrons. The highest BCUT2D eigenvalue weighted by Gasteiger charge is 2.14. The molecule has 0 aliphatic rings. The monoisotopic (exact) mass is 364 g/mol. The molecule has 0 N–H and O–H groups in total. The first-order valence-corrected chi connectivity index (χ1v) is 7.32. The fraction of sp³-hybridized carbons (Fsp3) is 0.118. The molecule has 0 spiro atoms. The van der Waals surface area contributed by atoms with Gasteiger partial charge in [-0.1, -0.05) is 5.16 Å². The molecule has 2 aromatic carbocycles. The van der Waals surface area contributed by atoms with Gasteiger partial charge in [-0.15, -0.1) is 0 Å². The summed E-state index contributed by atoms with van der Waals surface area (Å²) in [6, 6.07) is 7.70. The Labute approximate surface area is 145 Å². The van der Waals surface area contributed by atoms with E-state index >= 15 is 0 Å². The van der Waals surface area contributed by atoms with E-state index in [1.54, 1.807) is 0 Å². The van der Waals surface area contributed by atoms with E-state index in [0.717, 1.165) is 12.1 Å². The zero-order chi connectivity index (χ0) is 18.5. The minimum atomic E-state index is -0.939. The molecule has 3 rings (SSSR count). The first-order chi connectivity index (χ1) is 12.5. The molecular formula is C17H11F3N2O4. The Hall–Kier alpha value is -3.36. The highest BCUT2D eigenvalue weighted by Crippen LogP contribution is 2.13. The highest BCUT2D eigenvalue weighted by atomic mass is 19.1. The van der Waals surface area contributed by atoms with Gasteiger partial charge in [-0.05, 0) is 36.4 Å². The van der Waals surface area contributed by atoms with Crippen LogP contribution in [0.3, 0.4) is 0 Å². The summed E-state index contributed by atoms with van der Waals surface area (Å²) in [5, 5.41) is 3.63. The van der Waals surface area contributed by atoms with Crippen LogP contribution in [0, 0.1) is 17.5 Å². The second kappa shape index (κ2) is 7.68. The number of halogens is 3. The average molecular weight is 364 g/mol. The van der Waals surface area contributed by atoms with Crippen LogP contribution in [0.2, 0.25) is 0 Å². The van der Waals surface area contributed by atoms with Crippen LogP contribution in [0.15, 0.2) is 47.0 Å². The van der Waals surface area contributed by atoms with Crippen LogP contribution < -0.4 is 4.74 Å². The summed E-state index contributed by atoms with van der Waals surface area (Å²) in [5.41, 5.74) is -0.276. The van der Waals surface area contributed by atoms with Gasteiger partial charge in [0.05, 0.1) is 5.56 Å². The molecule has 0 unspecified atom stereocenters. The molecule has 9 heteroatoms. The number of benzene rings is 2.